The van der Waals surface area contributed by atoms with Gasteiger partial charge in [-0.3, -0.25) is 9.69 Å². The number of nitrogens with zero attached hydrogens (tertiary/aromatic N) is 2. The normalized spacial score (nSPS) is 18.1. The SMILES string of the molecule is CC(C)(C)C(N)C(=O)N1CCN(Cc2ccc(Cl)c(Cl)c2)CC1. The zero-order valence-corrected chi connectivity index (χ0v) is 15.5. The van der Waals surface area contributed by atoms with Gasteiger partial charge in [0, 0.05) is 32.7 Å². The van der Waals surface area contributed by atoms with E-state index in [0.29, 0.717) is 23.1 Å². The molecule has 1 aromatic carbocycles. The van der Waals surface area contributed by atoms with Crippen LogP contribution in [0.5, 0.6) is 0 Å². The molecule has 23 heavy (non-hydrogen) atoms. The summed E-state index contributed by atoms with van der Waals surface area (Å²) in [4.78, 5) is 16.6. The molecule has 1 saturated heterocycles. The molecule has 1 aliphatic heterocycles. The Hall–Kier alpha value is -0.810. The Bertz CT molecular complexity index is 563. The maximum atomic E-state index is 12.4. The van der Waals surface area contributed by atoms with Gasteiger partial charge in [0.05, 0.1) is 16.1 Å². The van der Waals surface area contributed by atoms with Crippen LogP contribution in [0.4, 0.5) is 0 Å². The van der Waals surface area contributed by atoms with Crippen LogP contribution in [0.2, 0.25) is 10.0 Å². The van der Waals surface area contributed by atoms with Crippen LogP contribution < -0.4 is 5.73 Å². The van der Waals surface area contributed by atoms with Gasteiger partial charge in [0.25, 0.3) is 0 Å². The van der Waals surface area contributed by atoms with Crippen LogP contribution in [0.15, 0.2) is 18.2 Å². The predicted molar refractivity (Wildman–Crippen MR) is 95.7 cm³/mol. The minimum Gasteiger partial charge on any atom is -0.339 e. The number of hydrogen-bond donors (Lipinski definition) is 1. The molecule has 1 fully saturated rings. The number of carbonyl (C=O) groups excluding carboxylic acids is 1. The van der Waals surface area contributed by atoms with E-state index in [-0.39, 0.29) is 11.3 Å². The summed E-state index contributed by atoms with van der Waals surface area (Å²) in [5.74, 6) is 0.0479. The van der Waals surface area contributed by atoms with Crippen molar-refractivity contribution >= 4 is 29.1 Å². The van der Waals surface area contributed by atoms with E-state index in [9.17, 15) is 4.79 Å². The molecule has 128 valence electrons. The summed E-state index contributed by atoms with van der Waals surface area (Å²) in [6.07, 6.45) is 0. The van der Waals surface area contributed by atoms with Crippen molar-refractivity contribution in [1.82, 2.24) is 9.80 Å². The van der Waals surface area contributed by atoms with E-state index in [1.165, 1.54) is 0 Å². The van der Waals surface area contributed by atoms with E-state index < -0.39 is 6.04 Å². The quantitative estimate of drug-likeness (QED) is 0.904. The van der Waals surface area contributed by atoms with Crippen molar-refractivity contribution in [3.63, 3.8) is 0 Å². The van der Waals surface area contributed by atoms with E-state index in [4.69, 9.17) is 28.9 Å². The second-order valence-corrected chi connectivity index (χ2v) is 8.01. The van der Waals surface area contributed by atoms with Gasteiger partial charge in [0.1, 0.15) is 0 Å². The molecule has 1 aliphatic rings. The minimum absolute atomic E-state index is 0.0479. The number of piperazine rings is 1. The lowest BCUT2D eigenvalue weighted by atomic mass is 9.86. The second kappa shape index (κ2) is 7.39. The molecular formula is C17H25Cl2N3O. The van der Waals surface area contributed by atoms with E-state index in [1.54, 1.807) is 0 Å². The Labute approximate surface area is 148 Å². The number of benzene rings is 1. The summed E-state index contributed by atoms with van der Waals surface area (Å²) in [5, 5.41) is 1.15. The van der Waals surface area contributed by atoms with E-state index >= 15 is 0 Å². The fourth-order valence-electron chi connectivity index (χ4n) is 2.59. The summed E-state index contributed by atoms with van der Waals surface area (Å²) in [6.45, 7) is 9.89. The fourth-order valence-corrected chi connectivity index (χ4v) is 2.91. The second-order valence-electron chi connectivity index (χ2n) is 7.19. The summed E-state index contributed by atoms with van der Waals surface area (Å²) in [7, 11) is 0. The van der Waals surface area contributed by atoms with Crippen molar-refractivity contribution in [2.24, 2.45) is 11.1 Å². The number of halogens is 2. The van der Waals surface area contributed by atoms with Crippen molar-refractivity contribution in [2.75, 3.05) is 26.2 Å². The third-order valence-corrected chi connectivity index (χ3v) is 5.01. The van der Waals surface area contributed by atoms with Gasteiger partial charge in [0.15, 0.2) is 0 Å². The van der Waals surface area contributed by atoms with Crippen LogP contribution in [-0.4, -0.2) is 47.9 Å². The van der Waals surface area contributed by atoms with Crippen molar-refractivity contribution in [1.29, 1.82) is 0 Å². The maximum Gasteiger partial charge on any atom is 0.240 e. The average Bonchev–Trinajstić information content (AvgIpc) is 2.49. The lowest BCUT2D eigenvalue weighted by Gasteiger charge is -2.38. The zero-order valence-electron chi connectivity index (χ0n) is 14.0. The van der Waals surface area contributed by atoms with Gasteiger partial charge in [-0.05, 0) is 23.1 Å². The topological polar surface area (TPSA) is 49.6 Å². The first-order valence-corrected chi connectivity index (χ1v) is 8.65. The first-order valence-electron chi connectivity index (χ1n) is 7.89. The molecule has 2 N–H and O–H groups in total. The largest absolute Gasteiger partial charge is 0.339 e. The molecule has 1 amide bonds. The summed E-state index contributed by atoms with van der Waals surface area (Å²) >= 11 is 12.0. The molecule has 1 heterocycles. The van der Waals surface area contributed by atoms with Crippen molar-refractivity contribution in [3.05, 3.63) is 33.8 Å². The molecule has 4 nitrogen and oxygen atoms in total. The average molecular weight is 358 g/mol. The highest BCUT2D eigenvalue weighted by molar-refractivity contribution is 6.42. The number of carbonyl (C=O) groups is 1. The molecule has 0 radical (unpaired) electrons. The molecule has 0 bridgehead atoms. The maximum absolute atomic E-state index is 12.4. The van der Waals surface area contributed by atoms with Crippen molar-refractivity contribution in [2.45, 2.75) is 33.4 Å². The molecule has 1 unspecified atom stereocenters. The zero-order chi connectivity index (χ0) is 17.2. The Kier molecular flexibility index (Phi) is 5.95. The van der Waals surface area contributed by atoms with Gasteiger partial charge in [-0.25, -0.2) is 0 Å². The molecule has 0 spiro atoms. The van der Waals surface area contributed by atoms with E-state index in [0.717, 1.165) is 25.2 Å². The van der Waals surface area contributed by atoms with Gasteiger partial charge in [-0.15, -0.1) is 0 Å². The highest BCUT2D eigenvalue weighted by atomic mass is 35.5. The van der Waals surface area contributed by atoms with E-state index in [1.807, 2.05) is 43.9 Å². The monoisotopic (exact) mass is 357 g/mol. The molecule has 1 aromatic rings. The van der Waals surface area contributed by atoms with Crippen LogP contribution in [0.25, 0.3) is 0 Å². The number of amides is 1. The van der Waals surface area contributed by atoms with Gasteiger partial charge >= 0.3 is 0 Å². The number of hydrogen-bond acceptors (Lipinski definition) is 3. The highest BCUT2D eigenvalue weighted by Gasteiger charge is 2.32. The standard InChI is InChI=1S/C17H25Cl2N3O/c1-17(2,3)15(20)16(23)22-8-6-21(7-9-22)11-12-4-5-13(18)14(19)10-12/h4-5,10,15H,6-9,11,20H2,1-3H3. The molecule has 0 saturated carbocycles. The van der Waals surface area contributed by atoms with Crippen LogP contribution >= 0.6 is 23.2 Å². The summed E-state index contributed by atoms with van der Waals surface area (Å²) in [6, 6.07) is 5.25. The fraction of sp³-hybridized carbons (Fsp3) is 0.588. The number of rotatable bonds is 3. The molecule has 1 atom stereocenters. The Morgan fingerprint density at radius 2 is 1.78 bits per heavy atom. The first kappa shape index (κ1) is 18.5. The Morgan fingerprint density at radius 3 is 2.30 bits per heavy atom. The van der Waals surface area contributed by atoms with Gasteiger partial charge in [-0.1, -0.05) is 50.0 Å². The Balaban J connectivity index is 1.88. The van der Waals surface area contributed by atoms with Gasteiger partial charge in [0.2, 0.25) is 5.91 Å². The summed E-state index contributed by atoms with van der Waals surface area (Å²) < 4.78 is 0. The predicted octanol–water partition coefficient (Wildman–Crippen LogP) is 3.01. The minimum atomic E-state index is -0.455. The Morgan fingerprint density at radius 1 is 1.17 bits per heavy atom. The highest BCUT2D eigenvalue weighted by Crippen LogP contribution is 2.24. The van der Waals surface area contributed by atoms with Crippen LogP contribution in [-0.2, 0) is 11.3 Å². The van der Waals surface area contributed by atoms with Crippen molar-refractivity contribution in [3.8, 4) is 0 Å². The van der Waals surface area contributed by atoms with Gasteiger partial charge in [-0.2, -0.15) is 0 Å². The third kappa shape index (κ3) is 4.83. The van der Waals surface area contributed by atoms with Crippen LogP contribution in [0.3, 0.4) is 0 Å². The smallest absolute Gasteiger partial charge is 0.240 e. The lowest BCUT2D eigenvalue weighted by Crippen LogP contribution is -2.56. The third-order valence-electron chi connectivity index (χ3n) is 4.27. The molecule has 0 aromatic heterocycles. The van der Waals surface area contributed by atoms with Crippen LogP contribution in [0, 0.1) is 5.41 Å². The summed E-state index contributed by atoms with van der Waals surface area (Å²) in [5.41, 5.74) is 7.00. The molecule has 2 rings (SSSR count). The molecule has 0 aliphatic carbocycles. The van der Waals surface area contributed by atoms with E-state index in [2.05, 4.69) is 4.90 Å². The molecule has 6 heteroatoms. The lowest BCUT2D eigenvalue weighted by molar-refractivity contribution is -0.136. The van der Waals surface area contributed by atoms with Crippen LogP contribution in [0.1, 0.15) is 26.3 Å². The number of nitrogens with two attached hydrogens (primary N) is 1. The molecular weight excluding hydrogens is 333 g/mol. The van der Waals surface area contributed by atoms with Crippen molar-refractivity contribution < 1.29 is 4.79 Å². The van der Waals surface area contributed by atoms with Gasteiger partial charge < -0.3 is 10.6 Å². The first-order chi connectivity index (χ1) is 10.7.